The van der Waals surface area contributed by atoms with E-state index in [1.165, 1.54) is 24.3 Å². The predicted molar refractivity (Wildman–Crippen MR) is 90.3 cm³/mol. The number of amides is 1. The van der Waals surface area contributed by atoms with Gasteiger partial charge in [0.15, 0.2) is 0 Å². The van der Waals surface area contributed by atoms with Gasteiger partial charge < -0.3 is 9.73 Å². The molecule has 3 rings (SSSR count). The third-order valence-electron chi connectivity index (χ3n) is 2.98. The fraction of sp³-hybridized carbons (Fsp3) is 0. The van der Waals surface area contributed by atoms with Crippen molar-refractivity contribution in [3.8, 4) is 11.3 Å². The van der Waals surface area contributed by atoms with Crippen molar-refractivity contribution in [2.45, 2.75) is 4.90 Å². The number of benzene rings is 1. The third kappa shape index (κ3) is 3.53. The summed E-state index contributed by atoms with van der Waals surface area (Å²) in [7, 11) is -4.22. The van der Waals surface area contributed by atoms with Crippen LogP contribution >= 0.6 is 24.0 Å². The molecule has 1 fully saturated rings. The molecule has 2 N–H and O–H groups in total. The molecule has 0 unspecified atom stereocenters. The summed E-state index contributed by atoms with van der Waals surface area (Å²) in [6, 6.07) is 8.99. The van der Waals surface area contributed by atoms with E-state index in [0.717, 1.165) is 11.8 Å². The van der Waals surface area contributed by atoms with Crippen molar-refractivity contribution in [1.29, 1.82) is 0 Å². The van der Waals surface area contributed by atoms with E-state index in [0.29, 0.717) is 26.3 Å². The van der Waals surface area contributed by atoms with Gasteiger partial charge in [0.05, 0.1) is 9.80 Å². The van der Waals surface area contributed by atoms with E-state index in [1.54, 1.807) is 18.2 Å². The Balaban J connectivity index is 1.86. The number of thiocarbonyl (C=S) groups is 1. The van der Waals surface area contributed by atoms with Gasteiger partial charge in [0.1, 0.15) is 15.8 Å². The minimum absolute atomic E-state index is 0.192. The van der Waals surface area contributed by atoms with Gasteiger partial charge in [-0.1, -0.05) is 24.0 Å². The van der Waals surface area contributed by atoms with Gasteiger partial charge in [-0.2, -0.15) is 8.42 Å². The Hall–Kier alpha value is -1.94. The van der Waals surface area contributed by atoms with Gasteiger partial charge in [-0.3, -0.25) is 9.35 Å². The molecular formula is C14H9NO5S3. The Morgan fingerprint density at radius 3 is 2.43 bits per heavy atom. The van der Waals surface area contributed by atoms with Gasteiger partial charge in [0.2, 0.25) is 0 Å². The molecule has 23 heavy (non-hydrogen) atoms. The van der Waals surface area contributed by atoms with Crippen molar-refractivity contribution in [3.63, 3.8) is 0 Å². The molecule has 1 aromatic carbocycles. The number of thioether (sulfide) groups is 1. The molecule has 1 amide bonds. The summed E-state index contributed by atoms with van der Waals surface area (Å²) in [5, 5.41) is 2.51. The molecule has 0 aliphatic carbocycles. The highest BCUT2D eigenvalue weighted by atomic mass is 32.2. The van der Waals surface area contributed by atoms with Crippen LogP contribution in [0.5, 0.6) is 0 Å². The molecule has 1 aliphatic heterocycles. The molecule has 0 spiro atoms. The predicted octanol–water partition coefficient (Wildman–Crippen LogP) is 2.68. The number of hydrogen-bond acceptors (Lipinski definition) is 6. The van der Waals surface area contributed by atoms with Crippen LogP contribution < -0.4 is 5.32 Å². The maximum atomic E-state index is 11.6. The van der Waals surface area contributed by atoms with E-state index in [1.807, 2.05) is 0 Å². The van der Waals surface area contributed by atoms with Gasteiger partial charge in [0, 0.05) is 11.6 Å². The number of hydrogen-bond donors (Lipinski definition) is 2. The summed E-state index contributed by atoms with van der Waals surface area (Å²) in [6.45, 7) is 0. The third-order valence-corrected chi connectivity index (χ3v) is 5.01. The first kappa shape index (κ1) is 15.9. The highest BCUT2D eigenvalue weighted by Gasteiger charge is 2.22. The van der Waals surface area contributed by atoms with Crippen molar-refractivity contribution < 1.29 is 22.2 Å². The average molecular weight is 367 g/mol. The van der Waals surface area contributed by atoms with E-state index in [4.69, 9.17) is 21.2 Å². The fourth-order valence-corrected chi connectivity index (χ4v) is 3.43. The minimum atomic E-state index is -4.22. The standard InChI is InChI=1S/C14H9NO5S3/c16-13-12(22-14(21)15-13)7-9-3-6-11(20-9)8-1-4-10(5-2-8)23(17,18)19/h1-7H,(H,15,16,21)(H,17,18,19)/b12-7-. The second-order valence-electron chi connectivity index (χ2n) is 4.55. The normalized spacial score (nSPS) is 16.8. The molecule has 6 nitrogen and oxygen atoms in total. The fourth-order valence-electron chi connectivity index (χ4n) is 1.93. The SMILES string of the molecule is O=C1NC(=S)S/C1=C\c1ccc(-c2ccc(S(=O)(=O)O)cc2)o1. The second-order valence-corrected chi connectivity index (χ2v) is 7.69. The molecule has 2 aromatic rings. The van der Waals surface area contributed by atoms with E-state index in [9.17, 15) is 13.2 Å². The van der Waals surface area contributed by atoms with Crippen molar-refractivity contribution in [1.82, 2.24) is 5.32 Å². The first-order chi connectivity index (χ1) is 10.8. The monoisotopic (exact) mass is 367 g/mol. The summed E-state index contributed by atoms with van der Waals surface area (Å²) in [5.74, 6) is 0.710. The average Bonchev–Trinajstić information content (AvgIpc) is 3.06. The molecule has 1 aromatic heterocycles. The smallest absolute Gasteiger partial charge is 0.294 e. The van der Waals surface area contributed by atoms with Crippen LogP contribution in [-0.2, 0) is 14.9 Å². The Kier molecular flexibility index (Phi) is 4.11. The van der Waals surface area contributed by atoms with Gasteiger partial charge >= 0.3 is 0 Å². The topological polar surface area (TPSA) is 96.6 Å². The highest BCUT2D eigenvalue weighted by Crippen LogP contribution is 2.29. The zero-order valence-electron chi connectivity index (χ0n) is 11.3. The van der Waals surface area contributed by atoms with Gasteiger partial charge in [-0.25, -0.2) is 0 Å². The molecule has 0 atom stereocenters. The zero-order valence-corrected chi connectivity index (χ0v) is 13.8. The summed E-state index contributed by atoms with van der Waals surface area (Å²) in [4.78, 5) is 11.8. The lowest BCUT2D eigenvalue weighted by Crippen LogP contribution is -2.17. The summed E-state index contributed by atoms with van der Waals surface area (Å²) >= 11 is 6.06. The van der Waals surface area contributed by atoms with Crippen LogP contribution in [0.4, 0.5) is 0 Å². The van der Waals surface area contributed by atoms with Crippen LogP contribution in [0.25, 0.3) is 17.4 Å². The first-order valence-electron chi connectivity index (χ1n) is 6.25. The molecule has 9 heteroatoms. The number of carbonyl (C=O) groups excluding carboxylic acids is 1. The molecule has 0 bridgehead atoms. The van der Waals surface area contributed by atoms with Crippen LogP contribution in [0, 0.1) is 0 Å². The summed E-state index contributed by atoms with van der Waals surface area (Å²) in [5.41, 5.74) is 0.640. The Bertz CT molecular complexity index is 926. The van der Waals surface area contributed by atoms with Crippen LogP contribution in [-0.4, -0.2) is 23.2 Å². The Labute approximate surface area is 141 Å². The van der Waals surface area contributed by atoms with Crippen molar-refractivity contribution in [2.75, 3.05) is 0 Å². The lowest BCUT2D eigenvalue weighted by molar-refractivity contribution is -0.115. The lowest BCUT2D eigenvalue weighted by Gasteiger charge is -1.99. The van der Waals surface area contributed by atoms with Gasteiger partial charge in [0.25, 0.3) is 16.0 Å². The number of nitrogens with one attached hydrogen (secondary N) is 1. The van der Waals surface area contributed by atoms with Crippen molar-refractivity contribution in [3.05, 3.63) is 47.1 Å². The van der Waals surface area contributed by atoms with Crippen LogP contribution in [0.15, 0.2) is 50.6 Å². The lowest BCUT2D eigenvalue weighted by atomic mass is 10.2. The molecule has 1 saturated heterocycles. The van der Waals surface area contributed by atoms with Crippen LogP contribution in [0.3, 0.4) is 0 Å². The molecule has 1 aliphatic rings. The number of carbonyl (C=O) groups is 1. The first-order valence-corrected chi connectivity index (χ1v) is 8.92. The quantitative estimate of drug-likeness (QED) is 0.489. The Morgan fingerprint density at radius 1 is 1.17 bits per heavy atom. The zero-order chi connectivity index (χ0) is 16.6. The number of furan rings is 1. The molecule has 0 saturated carbocycles. The van der Waals surface area contributed by atoms with Crippen LogP contribution in [0.2, 0.25) is 0 Å². The molecular weight excluding hydrogens is 358 g/mol. The summed E-state index contributed by atoms with van der Waals surface area (Å²) in [6.07, 6.45) is 1.58. The van der Waals surface area contributed by atoms with E-state index in [2.05, 4.69) is 5.32 Å². The van der Waals surface area contributed by atoms with E-state index >= 15 is 0 Å². The van der Waals surface area contributed by atoms with Gasteiger partial charge in [-0.05, 0) is 36.4 Å². The summed E-state index contributed by atoms with van der Waals surface area (Å²) < 4.78 is 37.0. The highest BCUT2D eigenvalue weighted by molar-refractivity contribution is 8.26. The molecule has 0 radical (unpaired) electrons. The van der Waals surface area contributed by atoms with Gasteiger partial charge in [-0.15, -0.1) is 0 Å². The second kappa shape index (κ2) is 5.93. The largest absolute Gasteiger partial charge is 0.457 e. The van der Waals surface area contributed by atoms with Crippen molar-refractivity contribution in [2.24, 2.45) is 0 Å². The molecule has 118 valence electrons. The minimum Gasteiger partial charge on any atom is -0.457 e. The van der Waals surface area contributed by atoms with E-state index in [-0.39, 0.29) is 10.8 Å². The van der Waals surface area contributed by atoms with E-state index < -0.39 is 10.1 Å². The Morgan fingerprint density at radius 2 is 1.87 bits per heavy atom. The van der Waals surface area contributed by atoms with Crippen LogP contribution in [0.1, 0.15) is 5.76 Å². The maximum Gasteiger partial charge on any atom is 0.294 e. The molecule has 2 heterocycles. The number of rotatable bonds is 3. The van der Waals surface area contributed by atoms with Crippen molar-refractivity contribution >= 4 is 50.4 Å². The maximum absolute atomic E-state index is 11.6.